The Balaban J connectivity index is 1.42. The Morgan fingerprint density at radius 2 is 2.00 bits per heavy atom. The van der Waals surface area contributed by atoms with Gasteiger partial charge >= 0.3 is 6.09 Å². The SMILES string of the molecule is Cc1nc(-c2nnn(C)c2COC(=O)N(C)C2CCCC2)ccc1O[C@H]1CCCC(C=O)(COC(C)C)C1. The largest absolute Gasteiger partial charge is 0.488 e. The topological polar surface area (TPSA) is 109 Å². The zero-order valence-electron chi connectivity index (χ0n) is 23.3. The highest BCUT2D eigenvalue weighted by atomic mass is 16.6. The molecule has 0 saturated heterocycles. The lowest BCUT2D eigenvalue weighted by atomic mass is 9.74. The number of hydrogen-bond acceptors (Lipinski definition) is 8. The van der Waals surface area contributed by atoms with Crippen molar-refractivity contribution < 1.29 is 23.8 Å². The molecule has 0 spiro atoms. The van der Waals surface area contributed by atoms with E-state index in [0.29, 0.717) is 35.9 Å². The fraction of sp³-hybridized carbons (Fsp3) is 0.679. The van der Waals surface area contributed by atoms with E-state index < -0.39 is 5.41 Å². The number of aryl methyl sites for hydroxylation is 2. The van der Waals surface area contributed by atoms with Crippen LogP contribution < -0.4 is 4.74 Å². The van der Waals surface area contributed by atoms with E-state index in [2.05, 4.69) is 10.3 Å². The molecule has 2 aliphatic carbocycles. The fourth-order valence-electron chi connectivity index (χ4n) is 5.44. The van der Waals surface area contributed by atoms with Gasteiger partial charge in [0, 0.05) is 20.1 Å². The summed E-state index contributed by atoms with van der Waals surface area (Å²) in [4.78, 5) is 31.0. The molecule has 2 aliphatic rings. The molecule has 0 bridgehead atoms. The lowest BCUT2D eigenvalue weighted by molar-refractivity contribution is -0.126. The maximum absolute atomic E-state index is 12.6. The molecule has 2 aromatic heterocycles. The van der Waals surface area contributed by atoms with Crippen molar-refractivity contribution in [2.75, 3.05) is 13.7 Å². The van der Waals surface area contributed by atoms with Crippen molar-refractivity contribution in [1.82, 2.24) is 24.9 Å². The fourth-order valence-corrected chi connectivity index (χ4v) is 5.44. The van der Waals surface area contributed by atoms with Crippen LogP contribution in [-0.4, -0.2) is 69.2 Å². The Kier molecular flexibility index (Phi) is 9.02. The molecule has 2 atom stereocenters. The van der Waals surface area contributed by atoms with Crippen LogP contribution in [0.4, 0.5) is 4.79 Å². The van der Waals surface area contributed by atoms with E-state index in [9.17, 15) is 9.59 Å². The van der Waals surface area contributed by atoms with E-state index in [1.54, 1.807) is 23.7 Å². The normalized spacial score (nSPS) is 22.0. The molecular formula is C28H41N5O5. The number of pyridine rings is 1. The first kappa shape index (κ1) is 28.0. The maximum Gasteiger partial charge on any atom is 0.410 e. The predicted molar refractivity (Wildman–Crippen MR) is 142 cm³/mol. The van der Waals surface area contributed by atoms with Crippen LogP contribution in [0.15, 0.2) is 12.1 Å². The minimum absolute atomic E-state index is 0.0575. The van der Waals surface area contributed by atoms with Gasteiger partial charge in [0.25, 0.3) is 0 Å². The highest BCUT2D eigenvalue weighted by Gasteiger charge is 2.38. The molecule has 0 radical (unpaired) electrons. The Bertz CT molecular complexity index is 1110. The molecule has 0 N–H and O–H groups in total. The van der Waals surface area contributed by atoms with Gasteiger partial charge in [-0.2, -0.15) is 0 Å². The molecule has 10 heteroatoms. The number of hydrogen-bond donors (Lipinski definition) is 0. The van der Waals surface area contributed by atoms with E-state index in [1.807, 2.05) is 32.9 Å². The first-order chi connectivity index (χ1) is 18.2. The Labute approximate surface area is 225 Å². The minimum Gasteiger partial charge on any atom is -0.488 e. The summed E-state index contributed by atoms with van der Waals surface area (Å²) in [6.07, 6.45) is 8.27. The molecule has 4 rings (SSSR count). The third-order valence-corrected chi connectivity index (χ3v) is 7.80. The van der Waals surface area contributed by atoms with Crippen molar-refractivity contribution in [2.45, 2.75) is 97.0 Å². The molecule has 2 heterocycles. The van der Waals surface area contributed by atoms with Crippen molar-refractivity contribution in [1.29, 1.82) is 0 Å². The van der Waals surface area contributed by atoms with E-state index in [1.165, 1.54) is 0 Å². The summed E-state index contributed by atoms with van der Waals surface area (Å²) in [6.45, 7) is 6.33. The Morgan fingerprint density at radius 3 is 2.68 bits per heavy atom. The van der Waals surface area contributed by atoms with E-state index >= 15 is 0 Å². The van der Waals surface area contributed by atoms with Crippen molar-refractivity contribution >= 4 is 12.4 Å². The Morgan fingerprint density at radius 1 is 1.24 bits per heavy atom. The van der Waals surface area contributed by atoms with Crippen LogP contribution in [0.3, 0.4) is 0 Å². The van der Waals surface area contributed by atoms with Gasteiger partial charge in [0.05, 0.1) is 35.6 Å². The number of rotatable bonds is 10. The van der Waals surface area contributed by atoms with Crippen molar-refractivity contribution in [3.63, 3.8) is 0 Å². The van der Waals surface area contributed by atoms with Crippen LogP contribution in [0.2, 0.25) is 0 Å². The third kappa shape index (κ3) is 6.51. The van der Waals surface area contributed by atoms with Crippen molar-refractivity contribution in [3.05, 3.63) is 23.5 Å². The first-order valence-electron chi connectivity index (χ1n) is 13.7. The van der Waals surface area contributed by atoms with Gasteiger partial charge in [0.2, 0.25) is 0 Å². The van der Waals surface area contributed by atoms with E-state index in [-0.39, 0.29) is 30.9 Å². The molecule has 2 saturated carbocycles. The number of ether oxygens (including phenoxy) is 3. The molecule has 2 aromatic rings. The van der Waals surface area contributed by atoms with Crippen molar-refractivity contribution in [3.8, 4) is 17.1 Å². The average molecular weight is 528 g/mol. The molecule has 10 nitrogen and oxygen atoms in total. The lowest BCUT2D eigenvalue weighted by Gasteiger charge is -2.37. The van der Waals surface area contributed by atoms with E-state index in [4.69, 9.17) is 19.2 Å². The average Bonchev–Trinajstić information content (AvgIpc) is 3.57. The standard InChI is InChI=1S/C28H41N5O5/c1-19(2)37-18-28(17-34)14-8-11-22(15-28)38-25-13-12-23(29-20(25)3)26-24(33(5)31-30-26)16-36-27(35)32(4)21-9-6-7-10-21/h12-13,17,19,21-22H,6-11,14-16,18H2,1-5H3/t22-,28?/m0/s1. The van der Waals surface area contributed by atoms with Crippen LogP contribution in [0.25, 0.3) is 11.4 Å². The number of carbonyl (C=O) groups is 2. The maximum atomic E-state index is 12.6. The summed E-state index contributed by atoms with van der Waals surface area (Å²) in [6, 6.07) is 3.98. The highest BCUT2D eigenvalue weighted by molar-refractivity contribution is 5.68. The van der Waals surface area contributed by atoms with Gasteiger partial charge in [-0.15, -0.1) is 5.10 Å². The predicted octanol–water partition coefficient (Wildman–Crippen LogP) is 4.63. The molecule has 0 aromatic carbocycles. The van der Waals surface area contributed by atoms with Gasteiger partial charge < -0.3 is 23.9 Å². The molecule has 38 heavy (non-hydrogen) atoms. The Hall–Kier alpha value is -3.01. The van der Waals surface area contributed by atoms with Crippen LogP contribution in [0.5, 0.6) is 5.75 Å². The van der Waals surface area contributed by atoms with E-state index in [0.717, 1.165) is 56.9 Å². The minimum atomic E-state index is -0.508. The summed E-state index contributed by atoms with van der Waals surface area (Å²) in [5.74, 6) is 0.681. The summed E-state index contributed by atoms with van der Waals surface area (Å²) in [5.41, 5.74) is 2.09. The van der Waals surface area contributed by atoms with Gasteiger partial charge in [-0.1, -0.05) is 18.1 Å². The monoisotopic (exact) mass is 527 g/mol. The summed E-state index contributed by atoms with van der Waals surface area (Å²) < 4.78 is 19.4. The van der Waals surface area contributed by atoms with Gasteiger partial charge in [0.15, 0.2) is 0 Å². The van der Waals surface area contributed by atoms with Gasteiger partial charge in [-0.3, -0.25) is 0 Å². The molecule has 1 unspecified atom stereocenters. The van der Waals surface area contributed by atoms with Crippen LogP contribution in [-0.2, 0) is 27.9 Å². The zero-order valence-corrected chi connectivity index (χ0v) is 23.3. The quantitative estimate of drug-likeness (QED) is 0.412. The first-order valence-corrected chi connectivity index (χ1v) is 13.7. The number of aromatic nitrogens is 4. The summed E-state index contributed by atoms with van der Waals surface area (Å²) in [5, 5.41) is 8.43. The lowest BCUT2D eigenvalue weighted by Crippen LogP contribution is -2.39. The van der Waals surface area contributed by atoms with Crippen LogP contribution in [0, 0.1) is 12.3 Å². The summed E-state index contributed by atoms with van der Waals surface area (Å²) >= 11 is 0. The van der Waals surface area contributed by atoms with Gasteiger partial charge in [-0.05, 0) is 71.4 Å². The summed E-state index contributed by atoms with van der Waals surface area (Å²) in [7, 11) is 3.57. The number of aldehydes is 1. The van der Waals surface area contributed by atoms with Crippen LogP contribution in [0.1, 0.15) is 76.6 Å². The number of amides is 1. The van der Waals surface area contributed by atoms with Crippen LogP contribution >= 0.6 is 0 Å². The third-order valence-electron chi connectivity index (χ3n) is 7.80. The number of nitrogens with zero attached hydrogens (tertiary/aromatic N) is 5. The van der Waals surface area contributed by atoms with Gasteiger partial charge in [-0.25, -0.2) is 14.5 Å². The molecule has 208 valence electrons. The molecule has 2 fully saturated rings. The number of carbonyl (C=O) groups excluding carboxylic acids is 2. The molecule has 0 aliphatic heterocycles. The van der Waals surface area contributed by atoms with Crippen molar-refractivity contribution in [2.24, 2.45) is 12.5 Å². The second-order valence-corrected chi connectivity index (χ2v) is 11.1. The highest BCUT2D eigenvalue weighted by Crippen LogP contribution is 2.37. The second-order valence-electron chi connectivity index (χ2n) is 11.1. The molecule has 1 amide bonds. The smallest absolute Gasteiger partial charge is 0.410 e. The van der Waals surface area contributed by atoms with Gasteiger partial charge in [0.1, 0.15) is 30.0 Å². The molecular weight excluding hydrogens is 486 g/mol. The zero-order chi connectivity index (χ0) is 27.3. The second kappa shape index (κ2) is 12.2.